The van der Waals surface area contributed by atoms with Crippen LogP contribution in [0.2, 0.25) is 0 Å². The van der Waals surface area contributed by atoms with Crippen LogP contribution in [0.5, 0.6) is 5.75 Å². The smallest absolute Gasteiger partial charge is 0.302 e. The molecule has 124 valence electrons. The van der Waals surface area contributed by atoms with Crippen LogP contribution in [-0.2, 0) is 0 Å². The normalized spacial score (nSPS) is 10.9. The fourth-order valence-electron chi connectivity index (χ4n) is 2.47. The molecule has 4 aromatic rings. The zero-order chi connectivity index (χ0) is 17.2. The Balaban J connectivity index is 1.78. The predicted molar refractivity (Wildman–Crippen MR) is 97.0 cm³/mol. The molecule has 0 bridgehead atoms. The lowest BCUT2D eigenvalue weighted by atomic mass is 10.2. The highest BCUT2D eigenvalue weighted by atomic mass is 32.1. The summed E-state index contributed by atoms with van der Waals surface area (Å²) in [6.45, 7) is 2.56. The van der Waals surface area contributed by atoms with Gasteiger partial charge in [0.1, 0.15) is 10.8 Å². The number of ether oxygens (including phenoxy) is 1. The molecule has 0 atom stereocenters. The van der Waals surface area contributed by atoms with E-state index in [4.69, 9.17) is 4.74 Å². The Kier molecular flexibility index (Phi) is 3.99. The highest BCUT2D eigenvalue weighted by Gasteiger charge is 2.14. The third kappa shape index (κ3) is 2.89. The molecule has 4 rings (SSSR count). The first-order valence-electron chi connectivity index (χ1n) is 7.81. The predicted octanol–water partition coefficient (Wildman–Crippen LogP) is 3.28. The third-order valence-electron chi connectivity index (χ3n) is 3.65. The van der Waals surface area contributed by atoms with E-state index in [-0.39, 0.29) is 5.56 Å². The Morgan fingerprint density at radius 1 is 1.00 bits per heavy atom. The average molecular weight is 350 g/mol. The van der Waals surface area contributed by atoms with E-state index in [1.807, 2.05) is 61.5 Å². The van der Waals surface area contributed by atoms with Crippen LogP contribution in [0.25, 0.3) is 26.8 Å². The van der Waals surface area contributed by atoms with Gasteiger partial charge < -0.3 is 4.74 Å². The Morgan fingerprint density at radius 2 is 1.76 bits per heavy atom. The maximum atomic E-state index is 12.7. The average Bonchev–Trinajstić information content (AvgIpc) is 3.09. The summed E-state index contributed by atoms with van der Waals surface area (Å²) in [5.41, 5.74) is 1.65. The summed E-state index contributed by atoms with van der Waals surface area (Å²) < 4.78 is 6.76. The van der Waals surface area contributed by atoms with Gasteiger partial charge in [0, 0.05) is 11.1 Å². The van der Waals surface area contributed by atoms with E-state index < -0.39 is 0 Å². The van der Waals surface area contributed by atoms with Crippen LogP contribution < -0.4 is 10.3 Å². The Hall–Kier alpha value is -3.06. The minimum atomic E-state index is -0.273. The molecule has 0 N–H and O–H groups in total. The minimum Gasteiger partial charge on any atom is -0.494 e. The summed E-state index contributed by atoms with van der Waals surface area (Å²) in [6, 6.07) is 16.9. The van der Waals surface area contributed by atoms with Gasteiger partial charge in [-0.3, -0.25) is 4.79 Å². The van der Waals surface area contributed by atoms with E-state index >= 15 is 0 Å². The highest BCUT2D eigenvalue weighted by Crippen LogP contribution is 2.26. The maximum absolute atomic E-state index is 12.7. The van der Waals surface area contributed by atoms with Gasteiger partial charge in [-0.05, 0) is 31.2 Å². The summed E-state index contributed by atoms with van der Waals surface area (Å²) in [5, 5.41) is 13.4. The molecule has 0 aliphatic carbocycles. The lowest BCUT2D eigenvalue weighted by Crippen LogP contribution is -2.19. The lowest BCUT2D eigenvalue weighted by molar-refractivity contribution is 0.340. The van der Waals surface area contributed by atoms with Gasteiger partial charge in [-0.1, -0.05) is 41.7 Å². The van der Waals surface area contributed by atoms with E-state index in [1.165, 1.54) is 15.9 Å². The van der Waals surface area contributed by atoms with Crippen LogP contribution in [0.4, 0.5) is 0 Å². The van der Waals surface area contributed by atoms with E-state index in [0.717, 1.165) is 16.9 Å². The van der Waals surface area contributed by atoms with Gasteiger partial charge in [-0.15, -0.1) is 10.2 Å². The van der Waals surface area contributed by atoms with Crippen LogP contribution in [0.15, 0.2) is 59.4 Å². The minimum absolute atomic E-state index is 0.273. The molecule has 2 aromatic heterocycles. The van der Waals surface area contributed by atoms with Gasteiger partial charge >= 0.3 is 5.56 Å². The molecular formula is C18H14N4O2S. The number of rotatable bonds is 4. The molecule has 25 heavy (non-hydrogen) atoms. The maximum Gasteiger partial charge on any atom is 0.302 e. The van der Waals surface area contributed by atoms with Gasteiger partial charge in [0.05, 0.1) is 6.61 Å². The monoisotopic (exact) mass is 350 g/mol. The van der Waals surface area contributed by atoms with Gasteiger partial charge in [-0.2, -0.15) is 9.61 Å². The Bertz CT molecular complexity index is 1070. The van der Waals surface area contributed by atoms with Crippen molar-refractivity contribution in [3.8, 4) is 27.6 Å². The summed E-state index contributed by atoms with van der Waals surface area (Å²) in [6.07, 6.45) is 0. The van der Waals surface area contributed by atoms with Gasteiger partial charge in [0.2, 0.25) is 4.96 Å². The number of benzene rings is 2. The first-order chi connectivity index (χ1) is 12.3. The Labute approximate surface area is 147 Å². The molecule has 0 amide bonds. The number of fused-ring (bicyclic) bond motifs is 1. The molecule has 2 heterocycles. The molecule has 0 saturated heterocycles. The van der Waals surface area contributed by atoms with Crippen molar-refractivity contribution < 1.29 is 4.74 Å². The van der Waals surface area contributed by atoms with E-state index in [1.54, 1.807) is 0 Å². The number of aromatic nitrogens is 4. The topological polar surface area (TPSA) is 69.4 Å². The summed E-state index contributed by atoms with van der Waals surface area (Å²) >= 11 is 1.33. The molecule has 0 radical (unpaired) electrons. The zero-order valence-electron chi connectivity index (χ0n) is 13.4. The second-order valence-electron chi connectivity index (χ2n) is 5.28. The third-order valence-corrected chi connectivity index (χ3v) is 4.60. The molecule has 7 heteroatoms. The molecule has 0 aliphatic heterocycles. The standard InChI is InChI=1S/C18H14N4O2S/c1-2-24-14-10-8-13(9-11-14)16-21-22-17(23)15(19-20-18(22)25-16)12-6-4-3-5-7-12/h3-11H,2H2,1H3. The SMILES string of the molecule is CCOc1ccc(-c2nn3c(=O)c(-c4ccccc4)nnc3s2)cc1. The molecule has 0 fully saturated rings. The number of hydrogen-bond donors (Lipinski definition) is 0. The first-order valence-corrected chi connectivity index (χ1v) is 8.63. The van der Waals surface area contributed by atoms with Gasteiger partial charge in [-0.25, -0.2) is 0 Å². The molecule has 2 aromatic carbocycles. The summed E-state index contributed by atoms with van der Waals surface area (Å²) in [7, 11) is 0. The number of hydrogen-bond acceptors (Lipinski definition) is 6. The van der Waals surface area contributed by atoms with Crippen LogP contribution in [0.1, 0.15) is 6.92 Å². The fraction of sp³-hybridized carbons (Fsp3) is 0.111. The van der Waals surface area contributed by atoms with Crippen LogP contribution >= 0.6 is 11.3 Å². The second kappa shape index (κ2) is 6.45. The van der Waals surface area contributed by atoms with Crippen LogP contribution in [0.3, 0.4) is 0 Å². The lowest BCUT2D eigenvalue weighted by Gasteiger charge is -2.02. The summed E-state index contributed by atoms with van der Waals surface area (Å²) in [4.78, 5) is 13.2. The first kappa shape index (κ1) is 15.5. The van der Waals surface area contributed by atoms with E-state index in [2.05, 4.69) is 15.3 Å². The van der Waals surface area contributed by atoms with Crippen molar-refractivity contribution in [1.82, 2.24) is 19.8 Å². The summed E-state index contributed by atoms with van der Waals surface area (Å²) in [5.74, 6) is 0.802. The van der Waals surface area contributed by atoms with Crippen LogP contribution in [-0.4, -0.2) is 26.4 Å². The zero-order valence-corrected chi connectivity index (χ0v) is 14.2. The fourth-order valence-corrected chi connectivity index (χ4v) is 3.31. The molecule has 6 nitrogen and oxygen atoms in total. The number of nitrogens with zero attached hydrogens (tertiary/aromatic N) is 4. The molecule has 0 aliphatic rings. The van der Waals surface area contributed by atoms with Crippen molar-refractivity contribution in [3.05, 3.63) is 65.0 Å². The van der Waals surface area contributed by atoms with E-state index in [0.29, 0.717) is 22.3 Å². The van der Waals surface area contributed by atoms with E-state index in [9.17, 15) is 4.79 Å². The molecular weight excluding hydrogens is 336 g/mol. The second-order valence-corrected chi connectivity index (χ2v) is 6.23. The highest BCUT2D eigenvalue weighted by molar-refractivity contribution is 7.19. The van der Waals surface area contributed by atoms with Crippen molar-refractivity contribution >= 4 is 16.3 Å². The van der Waals surface area contributed by atoms with Crippen molar-refractivity contribution in [2.75, 3.05) is 6.61 Å². The van der Waals surface area contributed by atoms with Crippen molar-refractivity contribution in [3.63, 3.8) is 0 Å². The Morgan fingerprint density at radius 3 is 2.48 bits per heavy atom. The van der Waals surface area contributed by atoms with Crippen LogP contribution in [0, 0.1) is 0 Å². The molecule has 0 saturated carbocycles. The van der Waals surface area contributed by atoms with Gasteiger partial charge in [0.15, 0.2) is 5.69 Å². The van der Waals surface area contributed by atoms with Gasteiger partial charge in [0.25, 0.3) is 0 Å². The van der Waals surface area contributed by atoms with Crippen molar-refractivity contribution in [2.45, 2.75) is 6.92 Å². The van der Waals surface area contributed by atoms with Crippen molar-refractivity contribution in [1.29, 1.82) is 0 Å². The molecule has 0 spiro atoms. The molecule has 0 unspecified atom stereocenters. The van der Waals surface area contributed by atoms with Crippen molar-refractivity contribution in [2.24, 2.45) is 0 Å². The largest absolute Gasteiger partial charge is 0.494 e. The quantitative estimate of drug-likeness (QED) is 0.565.